The zero-order chi connectivity index (χ0) is 42.5. The van der Waals surface area contributed by atoms with E-state index in [4.69, 9.17) is 17.3 Å². The standard InChI is InChI=1S/C41H48ClN13O6/c1-49-13-18-54(41(49)61)27-3-2-11-53(23-27)40-46-36(34(35(43)57)47-48-40)44-25-4-7-31(30(42)19-25)51-16-14-50(15-17-51)21-24-10-12-52(22-24)26-5-6-28-29(20-26)39(60)55(38(28)59)32-8-9-33(56)45-37(32)58/h4-7,19-20,24,27,32H,2-3,8-18,21-23H2,1H3,(H2,43,57)(H,44,46,48)(H,45,56,58). The number of fused-ring (bicyclic) bond motifs is 1. The van der Waals surface area contributed by atoms with Crippen LogP contribution in [0.15, 0.2) is 36.4 Å². The lowest BCUT2D eigenvalue weighted by Crippen LogP contribution is -2.54. The summed E-state index contributed by atoms with van der Waals surface area (Å²) in [6.45, 7) is 8.48. The molecule has 3 atom stereocenters. The van der Waals surface area contributed by atoms with Crippen LogP contribution in [0.3, 0.4) is 0 Å². The molecule has 19 nitrogen and oxygen atoms in total. The summed E-state index contributed by atoms with van der Waals surface area (Å²) in [5.74, 6) is -1.85. The van der Waals surface area contributed by atoms with E-state index in [1.165, 1.54) is 0 Å². The maximum Gasteiger partial charge on any atom is 0.320 e. The minimum atomic E-state index is -0.991. The van der Waals surface area contributed by atoms with Crippen LogP contribution in [0, 0.1) is 5.92 Å². The molecule has 320 valence electrons. The Morgan fingerprint density at radius 2 is 1.66 bits per heavy atom. The molecule has 1 aromatic heterocycles. The van der Waals surface area contributed by atoms with Crippen LogP contribution >= 0.6 is 11.6 Å². The lowest BCUT2D eigenvalue weighted by Gasteiger charge is -2.37. The number of anilines is 5. The van der Waals surface area contributed by atoms with E-state index < -0.39 is 35.6 Å². The Balaban J connectivity index is 0.786. The zero-order valence-electron chi connectivity index (χ0n) is 33.9. The molecular weight excluding hydrogens is 806 g/mol. The molecule has 4 N–H and O–H groups in total. The third-order valence-corrected chi connectivity index (χ3v) is 13.1. The average molecular weight is 854 g/mol. The number of nitrogens with zero attached hydrogens (tertiary/aromatic N) is 10. The molecule has 20 heteroatoms. The van der Waals surface area contributed by atoms with E-state index >= 15 is 0 Å². The molecule has 3 unspecified atom stereocenters. The molecule has 0 bridgehead atoms. The number of primary amides is 1. The van der Waals surface area contributed by atoms with Gasteiger partial charge in [-0.1, -0.05) is 11.6 Å². The van der Waals surface area contributed by atoms with Gasteiger partial charge in [0.15, 0.2) is 11.5 Å². The minimum absolute atomic E-state index is 0.0236. The number of halogens is 1. The predicted octanol–water partition coefficient (Wildman–Crippen LogP) is 1.75. The number of hydrogen-bond acceptors (Lipinski definition) is 14. The molecule has 0 radical (unpaired) electrons. The number of aromatic nitrogens is 3. The molecule has 7 heterocycles. The Hall–Kier alpha value is -6.08. The van der Waals surface area contributed by atoms with E-state index in [9.17, 15) is 28.8 Å². The number of nitrogens with two attached hydrogens (primary N) is 1. The first-order valence-corrected chi connectivity index (χ1v) is 21.2. The highest BCUT2D eigenvalue weighted by atomic mass is 35.5. The first-order chi connectivity index (χ1) is 29.4. The van der Waals surface area contributed by atoms with Crippen LogP contribution < -0.4 is 31.1 Å². The minimum Gasteiger partial charge on any atom is -0.371 e. The molecule has 61 heavy (non-hydrogen) atoms. The molecule has 0 spiro atoms. The molecule has 3 aromatic rings. The second kappa shape index (κ2) is 16.4. The summed E-state index contributed by atoms with van der Waals surface area (Å²) in [4.78, 5) is 94.0. The van der Waals surface area contributed by atoms with Crippen LogP contribution in [0.25, 0.3) is 0 Å². The molecule has 0 saturated carbocycles. The van der Waals surface area contributed by atoms with Crippen LogP contribution in [0.1, 0.15) is 63.3 Å². The highest BCUT2D eigenvalue weighted by Crippen LogP contribution is 2.35. The first kappa shape index (κ1) is 40.3. The van der Waals surface area contributed by atoms with Crippen molar-refractivity contribution in [1.29, 1.82) is 0 Å². The van der Waals surface area contributed by atoms with Crippen molar-refractivity contribution in [3.8, 4) is 0 Å². The van der Waals surface area contributed by atoms with E-state index in [1.54, 1.807) is 23.1 Å². The average Bonchev–Trinajstić information content (AvgIpc) is 3.93. The number of carbonyl (C=O) groups excluding carboxylic acids is 6. The van der Waals surface area contributed by atoms with Crippen molar-refractivity contribution in [3.05, 3.63) is 58.2 Å². The number of carbonyl (C=O) groups is 6. The quantitative estimate of drug-likeness (QED) is 0.248. The number of hydrogen-bond donors (Lipinski definition) is 3. The third-order valence-electron chi connectivity index (χ3n) is 12.8. The summed E-state index contributed by atoms with van der Waals surface area (Å²) in [6.07, 6.45) is 2.93. The topological polar surface area (TPSA) is 214 Å². The van der Waals surface area contributed by atoms with Gasteiger partial charge in [0.1, 0.15) is 6.04 Å². The second-order valence-corrected chi connectivity index (χ2v) is 17.1. The summed E-state index contributed by atoms with van der Waals surface area (Å²) in [5, 5.41) is 14.4. The summed E-state index contributed by atoms with van der Waals surface area (Å²) in [6, 6.07) is 9.99. The molecule has 7 amide bonds. The normalized spacial score (nSPS) is 23.6. The molecular formula is C41H48ClN13O6. The number of piperidine rings is 2. The van der Waals surface area contributed by atoms with Crippen molar-refractivity contribution in [2.75, 3.05) is 99.1 Å². The van der Waals surface area contributed by atoms with Gasteiger partial charge in [0.05, 0.1) is 27.9 Å². The number of piperazine rings is 1. The van der Waals surface area contributed by atoms with Gasteiger partial charge in [0.25, 0.3) is 17.7 Å². The fraction of sp³-hybridized carbons (Fsp3) is 0.488. The Morgan fingerprint density at radius 1 is 0.852 bits per heavy atom. The van der Waals surface area contributed by atoms with Gasteiger partial charge in [0, 0.05) is 96.8 Å². The lowest BCUT2D eigenvalue weighted by molar-refractivity contribution is -0.136. The molecule has 5 saturated heterocycles. The van der Waals surface area contributed by atoms with E-state index in [2.05, 4.69) is 40.5 Å². The molecule has 2 aromatic carbocycles. The number of benzene rings is 2. The monoisotopic (exact) mass is 853 g/mol. The zero-order valence-corrected chi connectivity index (χ0v) is 34.6. The lowest BCUT2D eigenvalue weighted by atomic mass is 10.0. The number of urea groups is 1. The van der Waals surface area contributed by atoms with Crippen LogP contribution in [0.5, 0.6) is 0 Å². The number of amides is 7. The third kappa shape index (κ3) is 7.87. The van der Waals surface area contributed by atoms with E-state index in [0.717, 1.165) is 81.4 Å². The maximum absolute atomic E-state index is 13.4. The van der Waals surface area contributed by atoms with Crippen LogP contribution in [0.4, 0.5) is 33.6 Å². The van der Waals surface area contributed by atoms with Crippen LogP contribution in [-0.2, 0) is 9.59 Å². The summed E-state index contributed by atoms with van der Waals surface area (Å²) in [7, 11) is 1.81. The van der Waals surface area contributed by atoms with E-state index in [1.807, 2.05) is 35.0 Å². The van der Waals surface area contributed by atoms with Crippen LogP contribution in [0.2, 0.25) is 5.02 Å². The van der Waals surface area contributed by atoms with Gasteiger partial charge in [-0.3, -0.25) is 39.1 Å². The largest absolute Gasteiger partial charge is 0.371 e. The van der Waals surface area contributed by atoms with Crippen molar-refractivity contribution in [1.82, 2.24) is 40.1 Å². The molecule has 6 aliphatic heterocycles. The SMILES string of the molecule is CN1CCN(C2CCCN(c3nnc(C(N)=O)c(Nc4ccc(N5CCN(CC6CCN(c7ccc8c(c7)C(=O)N(C7CCC(=O)NC7=O)C8=O)C6)CC5)c(Cl)c4)n3)C2)C1=O. The van der Waals surface area contributed by atoms with E-state index in [-0.39, 0.29) is 47.6 Å². The molecule has 6 aliphatic rings. The van der Waals surface area contributed by atoms with Gasteiger partial charge in [0.2, 0.25) is 17.8 Å². The van der Waals surface area contributed by atoms with E-state index in [0.29, 0.717) is 48.8 Å². The smallest absolute Gasteiger partial charge is 0.320 e. The van der Waals surface area contributed by atoms with Gasteiger partial charge < -0.3 is 35.6 Å². The Morgan fingerprint density at radius 3 is 2.39 bits per heavy atom. The van der Waals surface area contributed by atoms with Crippen molar-refractivity contribution >= 4 is 76.0 Å². The van der Waals surface area contributed by atoms with Gasteiger partial charge in [-0.25, -0.2) is 4.79 Å². The van der Waals surface area contributed by atoms with Gasteiger partial charge in [-0.15, -0.1) is 10.2 Å². The number of rotatable bonds is 10. The fourth-order valence-corrected chi connectivity index (χ4v) is 9.79. The Bertz CT molecular complexity index is 2310. The second-order valence-electron chi connectivity index (χ2n) is 16.7. The van der Waals surface area contributed by atoms with Crippen LogP contribution in [-0.4, -0.2) is 161 Å². The number of imide groups is 2. The van der Waals surface area contributed by atoms with Crippen molar-refractivity contribution in [2.45, 2.75) is 44.2 Å². The summed E-state index contributed by atoms with van der Waals surface area (Å²) < 4.78 is 0. The summed E-state index contributed by atoms with van der Waals surface area (Å²) >= 11 is 6.89. The Labute approximate surface area is 357 Å². The molecule has 9 rings (SSSR count). The summed E-state index contributed by atoms with van der Waals surface area (Å²) in [5.41, 5.74) is 8.53. The predicted molar refractivity (Wildman–Crippen MR) is 225 cm³/mol. The highest BCUT2D eigenvalue weighted by molar-refractivity contribution is 6.33. The molecule has 5 fully saturated rings. The number of likely N-dealkylation sites (N-methyl/N-ethyl adjacent to an activating group) is 1. The Kier molecular flexibility index (Phi) is 10.9. The fourth-order valence-electron chi connectivity index (χ4n) is 9.49. The van der Waals surface area contributed by atoms with Gasteiger partial charge in [-0.05, 0) is 68.0 Å². The van der Waals surface area contributed by atoms with Gasteiger partial charge in [-0.2, -0.15) is 4.98 Å². The number of nitrogens with one attached hydrogen (secondary N) is 2. The van der Waals surface area contributed by atoms with Crippen molar-refractivity contribution in [3.63, 3.8) is 0 Å². The first-order valence-electron chi connectivity index (χ1n) is 20.9. The van der Waals surface area contributed by atoms with Crippen molar-refractivity contribution in [2.24, 2.45) is 11.7 Å². The van der Waals surface area contributed by atoms with Crippen molar-refractivity contribution < 1.29 is 28.8 Å². The highest BCUT2D eigenvalue weighted by Gasteiger charge is 2.45. The van der Waals surface area contributed by atoms with Gasteiger partial charge >= 0.3 is 6.03 Å². The molecule has 0 aliphatic carbocycles. The maximum atomic E-state index is 13.4.